The van der Waals surface area contributed by atoms with Gasteiger partial charge in [-0.1, -0.05) is 29.8 Å². The van der Waals surface area contributed by atoms with Gasteiger partial charge < -0.3 is 5.32 Å². The molecule has 1 aromatic carbocycles. The van der Waals surface area contributed by atoms with Gasteiger partial charge in [0.15, 0.2) is 6.29 Å². The second kappa shape index (κ2) is 4.93. The zero-order valence-corrected chi connectivity index (χ0v) is 9.90. The van der Waals surface area contributed by atoms with Gasteiger partial charge in [-0.05, 0) is 18.6 Å². The van der Waals surface area contributed by atoms with Gasteiger partial charge in [0.25, 0.3) is 0 Å². The molecule has 5 heteroatoms. The first-order chi connectivity index (χ1) is 8.22. The lowest BCUT2D eigenvalue weighted by atomic mass is 10.2. The summed E-state index contributed by atoms with van der Waals surface area (Å²) in [7, 11) is 0. The number of benzene rings is 1. The van der Waals surface area contributed by atoms with Crippen molar-refractivity contribution in [2.45, 2.75) is 6.92 Å². The van der Waals surface area contributed by atoms with Gasteiger partial charge in [-0.2, -0.15) is 0 Å². The van der Waals surface area contributed by atoms with E-state index in [0.29, 0.717) is 12.1 Å². The lowest BCUT2D eigenvalue weighted by Crippen LogP contribution is -2.01. The summed E-state index contributed by atoms with van der Waals surface area (Å²) in [6.07, 6.45) is 1.96. The summed E-state index contributed by atoms with van der Waals surface area (Å²) >= 11 is 5.81. The molecule has 0 aliphatic carbocycles. The summed E-state index contributed by atoms with van der Waals surface area (Å²) in [5.41, 5.74) is 2.20. The Labute approximate surface area is 104 Å². The predicted octanol–water partition coefficient (Wildman–Crippen LogP) is 2.99. The molecule has 0 saturated carbocycles. The summed E-state index contributed by atoms with van der Waals surface area (Å²) in [4.78, 5) is 18.7. The number of aldehydes is 1. The molecule has 0 bridgehead atoms. The lowest BCUT2D eigenvalue weighted by Gasteiger charge is -2.10. The third-order valence-electron chi connectivity index (χ3n) is 2.35. The topological polar surface area (TPSA) is 54.9 Å². The average molecular weight is 248 g/mol. The Morgan fingerprint density at radius 1 is 1.29 bits per heavy atom. The average Bonchev–Trinajstić information content (AvgIpc) is 2.32. The van der Waals surface area contributed by atoms with Crippen molar-refractivity contribution in [1.82, 2.24) is 9.97 Å². The Morgan fingerprint density at radius 2 is 2.06 bits per heavy atom. The molecule has 0 aliphatic rings. The van der Waals surface area contributed by atoms with Crippen molar-refractivity contribution in [3.8, 4) is 0 Å². The number of aryl methyl sites for hydroxylation is 1. The number of rotatable bonds is 3. The van der Waals surface area contributed by atoms with Crippen LogP contribution in [-0.4, -0.2) is 16.3 Å². The van der Waals surface area contributed by atoms with Crippen molar-refractivity contribution in [1.29, 1.82) is 0 Å². The molecule has 0 fully saturated rings. The summed E-state index contributed by atoms with van der Waals surface area (Å²) in [6.45, 7) is 1.96. The zero-order valence-electron chi connectivity index (χ0n) is 9.14. The number of halogens is 1. The van der Waals surface area contributed by atoms with Gasteiger partial charge in [0, 0.05) is 5.69 Å². The van der Waals surface area contributed by atoms with E-state index >= 15 is 0 Å². The number of para-hydroxylation sites is 1. The summed E-state index contributed by atoms with van der Waals surface area (Å²) in [6, 6.07) is 7.71. The van der Waals surface area contributed by atoms with Crippen LogP contribution < -0.4 is 5.32 Å². The third kappa shape index (κ3) is 2.42. The SMILES string of the molecule is Cc1ccccc1Nc1ncnc(Cl)c1C=O. The maximum atomic E-state index is 10.9. The maximum Gasteiger partial charge on any atom is 0.156 e. The van der Waals surface area contributed by atoms with E-state index in [1.54, 1.807) is 0 Å². The predicted molar refractivity (Wildman–Crippen MR) is 66.9 cm³/mol. The molecular weight excluding hydrogens is 238 g/mol. The highest BCUT2D eigenvalue weighted by Crippen LogP contribution is 2.23. The van der Waals surface area contributed by atoms with E-state index in [2.05, 4.69) is 15.3 Å². The van der Waals surface area contributed by atoms with Crippen molar-refractivity contribution >= 4 is 29.4 Å². The van der Waals surface area contributed by atoms with Crippen LogP contribution in [-0.2, 0) is 0 Å². The van der Waals surface area contributed by atoms with E-state index in [-0.39, 0.29) is 10.7 Å². The number of carbonyl (C=O) groups excluding carboxylic acids is 1. The normalized spacial score (nSPS) is 10.0. The van der Waals surface area contributed by atoms with Gasteiger partial charge in [-0.3, -0.25) is 4.79 Å². The molecule has 1 heterocycles. The number of nitrogens with one attached hydrogen (secondary N) is 1. The van der Waals surface area contributed by atoms with Crippen LogP contribution in [0.3, 0.4) is 0 Å². The largest absolute Gasteiger partial charge is 0.339 e. The van der Waals surface area contributed by atoms with E-state index in [9.17, 15) is 4.79 Å². The minimum atomic E-state index is 0.145. The van der Waals surface area contributed by atoms with Crippen molar-refractivity contribution in [3.05, 3.63) is 46.9 Å². The monoisotopic (exact) mass is 247 g/mol. The van der Waals surface area contributed by atoms with Crippen LogP contribution >= 0.6 is 11.6 Å². The molecule has 0 radical (unpaired) electrons. The van der Waals surface area contributed by atoms with Crippen molar-refractivity contribution in [3.63, 3.8) is 0 Å². The minimum Gasteiger partial charge on any atom is -0.339 e. The van der Waals surface area contributed by atoms with E-state index in [1.807, 2.05) is 31.2 Å². The highest BCUT2D eigenvalue weighted by Gasteiger charge is 2.09. The first-order valence-electron chi connectivity index (χ1n) is 5.00. The molecule has 0 amide bonds. The molecule has 0 unspecified atom stereocenters. The van der Waals surface area contributed by atoms with Crippen molar-refractivity contribution in [2.24, 2.45) is 0 Å². The molecule has 1 N–H and O–H groups in total. The fourth-order valence-corrected chi connectivity index (χ4v) is 1.60. The fourth-order valence-electron chi connectivity index (χ4n) is 1.42. The Balaban J connectivity index is 2.40. The molecule has 2 aromatic rings. The standard InChI is InChI=1S/C12H10ClN3O/c1-8-4-2-3-5-10(8)16-12-9(6-17)11(13)14-7-15-12/h2-7H,1H3,(H,14,15,16). The van der Waals surface area contributed by atoms with Gasteiger partial charge in [-0.15, -0.1) is 0 Å². The third-order valence-corrected chi connectivity index (χ3v) is 2.65. The minimum absolute atomic E-state index is 0.145. The van der Waals surface area contributed by atoms with Crippen LogP contribution in [0.4, 0.5) is 11.5 Å². The smallest absolute Gasteiger partial charge is 0.156 e. The summed E-state index contributed by atoms with van der Waals surface area (Å²) in [5, 5.41) is 3.21. The first-order valence-corrected chi connectivity index (χ1v) is 5.38. The molecular formula is C12H10ClN3O. The van der Waals surface area contributed by atoms with Crippen LogP contribution in [0.5, 0.6) is 0 Å². The van der Waals surface area contributed by atoms with Gasteiger partial charge in [0.05, 0.1) is 5.56 Å². The fraction of sp³-hybridized carbons (Fsp3) is 0.0833. The van der Waals surface area contributed by atoms with Gasteiger partial charge >= 0.3 is 0 Å². The van der Waals surface area contributed by atoms with E-state index < -0.39 is 0 Å². The quantitative estimate of drug-likeness (QED) is 0.669. The lowest BCUT2D eigenvalue weighted by molar-refractivity contribution is 0.112. The molecule has 0 saturated heterocycles. The number of anilines is 2. The molecule has 17 heavy (non-hydrogen) atoms. The Hall–Kier alpha value is -1.94. The Bertz CT molecular complexity index is 557. The molecule has 4 nitrogen and oxygen atoms in total. The summed E-state index contributed by atoms with van der Waals surface area (Å²) < 4.78 is 0. The van der Waals surface area contributed by atoms with E-state index in [1.165, 1.54) is 6.33 Å². The van der Waals surface area contributed by atoms with Crippen molar-refractivity contribution in [2.75, 3.05) is 5.32 Å². The maximum absolute atomic E-state index is 10.9. The van der Waals surface area contributed by atoms with Crippen LogP contribution in [0.1, 0.15) is 15.9 Å². The molecule has 0 aliphatic heterocycles. The number of hydrogen-bond donors (Lipinski definition) is 1. The highest BCUT2D eigenvalue weighted by atomic mass is 35.5. The number of aromatic nitrogens is 2. The second-order valence-electron chi connectivity index (χ2n) is 3.48. The van der Waals surface area contributed by atoms with Crippen LogP contribution in [0.25, 0.3) is 0 Å². The van der Waals surface area contributed by atoms with Gasteiger partial charge in [0.2, 0.25) is 0 Å². The number of nitrogens with zero attached hydrogens (tertiary/aromatic N) is 2. The molecule has 1 aromatic heterocycles. The van der Waals surface area contributed by atoms with Crippen molar-refractivity contribution < 1.29 is 4.79 Å². The van der Waals surface area contributed by atoms with Crippen LogP contribution in [0, 0.1) is 6.92 Å². The highest BCUT2D eigenvalue weighted by molar-refractivity contribution is 6.32. The number of hydrogen-bond acceptors (Lipinski definition) is 4. The first kappa shape index (κ1) is 11.5. The van der Waals surface area contributed by atoms with Crippen LogP contribution in [0.2, 0.25) is 5.15 Å². The molecule has 0 spiro atoms. The Morgan fingerprint density at radius 3 is 2.76 bits per heavy atom. The van der Waals surface area contributed by atoms with E-state index in [0.717, 1.165) is 11.3 Å². The number of carbonyl (C=O) groups is 1. The molecule has 86 valence electrons. The molecule has 0 atom stereocenters. The second-order valence-corrected chi connectivity index (χ2v) is 3.84. The van der Waals surface area contributed by atoms with Gasteiger partial charge in [-0.25, -0.2) is 9.97 Å². The van der Waals surface area contributed by atoms with E-state index in [4.69, 9.17) is 11.6 Å². The Kier molecular flexibility index (Phi) is 3.35. The van der Waals surface area contributed by atoms with Crippen LogP contribution in [0.15, 0.2) is 30.6 Å². The zero-order chi connectivity index (χ0) is 12.3. The molecule has 2 rings (SSSR count). The summed E-state index contributed by atoms with van der Waals surface area (Å²) in [5.74, 6) is 0.411. The van der Waals surface area contributed by atoms with Gasteiger partial charge in [0.1, 0.15) is 17.3 Å².